The predicted octanol–water partition coefficient (Wildman–Crippen LogP) is 7.19. The highest BCUT2D eigenvalue weighted by molar-refractivity contribution is 5.70. The average Bonchev–Trinajstić information content (AvgIpc) is 3.30. The summed E-state index contributed by atoms with van der Waals surface area (Å²) in [6.07, 6.45) is 5.53. The van der Waals surface area contributed by atoms with Gasteiger partial charge in [0.1, 0.15) is 5.60 Å². The molecule has 6 saturated heterocycles. The molecule has 0 aromatic heterocycles. The van der Waals surface area contributed by atoms with Crippen LogP contribution in [0.3, 0.4) is 0 Å². The van der Waals surface area contributed by atoms with E-state index in [2.05, 4.69) is 63.7 Å². The quantitative estimate of drug-likeness (QED) is 0.133. The smallest absolute Gasteiger partial charge is 0.308 e. The van der Waals surface area contributed by atoms with E-state index < -0.39 is 16.8 Å². The summed E-state index contributed by atoms with van der Waals surface area (Å²) in [5.41, 5.74) is 1.38. The van der Waals surface area contributed by atoms with Gasteiger partial charge in [-0.3, -0.25) is 4.79 Å². The topological polar surface area (TPSA) is 100 Å². The Labute approximate surface area is 326 Å². The summed E-state index contributed by atoms with van der Waals surface area (Å²) in [6.45, 7) is 12.6. The second kappa shape index (κ2) is 16.3. The summed E-state index contributed by atoms with van der Waals surface area (Å²) >= 11 is 0. The van der Waals surface area contributed by atoms with Gasteiger partial charge in [-0.2, -0.15) is 0 Å². The molecule has 0 N–H and O–H groups in total. The van der Waals surface area contributed by atoms with Crippen molar-refractivity contribution < 1.29 is 47.4 Å². The standard InChI is InChI=1S/C45H60O10/c1-29-25-43(2)38(52-34(29)23-42(46)47-5)19-18-33-36(54-43)22-35-37(51-33)26-44(3)39(53-35)24-41-45(4,55-44)40(49-28-31-15-10-7-11-16-31)21-32(50-41)17-12-20-48-27-30-13-8-6-9-14-30/h6-11,13-16,32-41H,1,12,17-28H2,2-5H3/t32-,33+,34+,35+,36-,37-,38-,39-,40-,41+,43+,44+,45-/m0/s1. The molecule has 2 aromatic carbocycles. The number of carbonyl (C=O) groups excluding carboxylic acids is 1. The number of hydrogen-bond donors (Lipinski definition) is 0. The molecule has 0 radical (unpaired) electrons. The van der Waals surface area contributed by atoms with Crippen LogP contribution in [0.4, 0.5) is 0 Å². The van der Waals surface area contributed by atoms with Crippen LogP contribution in [0.5, 0.6) is 0 Å². The molecule has 13 atom stereocenters. The molecule has 10 heteroatoms. The summed E-state index contributed by atoms with van der Waals surface area (Å²) in [5.74, 6) is -0.299. The Bertz CT molecular complexity index is 1620. The van der Waals surface area contributed by atoms with Crippen molar-refractivity contribution in [3.05, 3.63) is 83.9 Å². The van der Waals surface area contributed by atoms with Crippen LogP contribution in [0.2, 0.25) is 0 Å². The van der Waals surface area contributed by atoms with E-state index in [1.54, 1.807) is 0 Å². The van der Waals surface area contributed by atoms with Crippen LogP contribution in [-0.2, 0) is 60.6 Å². The lowest BCUT2D eigenvalue weighted by molar-refractivity contribution is -0.371. The van der Waals surface area contributed by atoms with Crippen LogP contribution in [0.25, 0.3) is 0 Å². The summed E-state index contributed by atoms with van der Waals surface area (Å²) in [5, 5.41) is 0. The van der Waals surface area contributed by atoms with Crippen LogP contribution in [0.1, 0.15) is 96.1 Å². The molecule has 0 bridgehead atoms. The maximum Gasteiger partial charge on any atom is 0.308 e. The molecule has 2 aromatic rings. The molecule has 0 spiro atoms. The number of ether oxygens (including phenoxy) is 9. The largest absolute Gasteiger partial charge is 0.469 e. The highest BCUT2D eigenvalue weighted by atomic mass is 16.6. The fourth-order valence-electron chi connectivity index (χ4n) is 10.2. The molecular weight excluding hydrogens is 700 g/mol. The van der Waals surface area contributed by atoms with Gasteiger partial charge >= 0.3 is 5.97 Å². The van der Waals surface area contributed by atoms with Crippen molar-refractivity contribution in [3.63, 3.8) is 0 Å². The zero-order valence-corrected chi connectivity index (χ0v) is 33.0. The number of esters is 1. The fourth-order valence-corrected chi connectivity index (χ4v) is 10.2. The van der Waals surface area contributed by atoms with E-state index in [9.17, 15) is 4.79 Å². The Morgan fingerprint density at radius 1 is 0.782 bits per heavy atom. The zero-order valence-electron chi connectivity index (χ0n) is 33.0. The van der Waals surface area contributed by atoms with Crippen LogP contribution in [0.15, 0.2) is 72.8 Å². The summed E-state index contributed by atoms with van der Waals surface area (Å²) < 4.78 is 59.4. The number of benzene rings is 2. The molecule has 6 heterocycles. The first-order chi connectivity index (χ1) is 26.5. The van der Waals surface area contributed by atoms with Gasteiger partial charge in [0, 0.05) is 38.7 Å². The third-order valence-electron chi connectivity index (χ3n) is 13.2. The number of hydrogen-bond acceptors (Lipinski definition) is 10. The normalized spacial score (nSPS) is 41.1. The van der Waals surface area contributed by atoms with Crippen LogP contribution >= 0.6 is 0 Å². The first-order valence-electron chi connectivity index (χ1n) is 20.5. The van der Waals surface area contributed by atoms with Crippen molar-refractivity contribution in [3.8, 4) is 0 Å². The molecule has 6 fully saturated rings. The van der Waals surface area contributed by atoms with Gasteiger partial charge < -0.3 is 42.6 Å². The molecule has 0 unspecified atom stereocenters. The van der Waals surface area contributed by atoms with E-state index in [-0.39, 0.29) is 73.4 Å². The highest BCUT2D eigenvalue weighted by Crippen LogP contribution is 2.53. The molecule has 6 aliphatic heterocycles. The van der Waals surface area contributed by atoms with Gasteiger partial charge in [-0.25, -0.2) is 0 Å². The second-order valence-corrected chi connectivity index (χ2v) is 17.4. The van der Waals surface area contributed by atoms with Gasteiger partial charge in [-0.1, -0.05) is 67.2 Å². The molecule has 300 valence electrons. The van der Waals surface area contributed by atoms with Gasteiger partial charge in [0.15, 0.2) is 0 Å². The Morgan fingerprint density at radius 3 is 2.27 bits per heavy atom. The minimum absolute atomic E-state index is 0.0231. The van der Waals surface area contributed by atoms with E-state index in [0.29, 0.717) is 32.7 Å². The minimum Gasteiger partial charge on any atom is -0.469 e. The lowest BCUT2D eigenvalue weighted by Crippen LogP contribution is -2.72. The summed E-state index contributed by atoms with van der Waals surface area (Å²) in [4.78, 5) is 12.1. The summed E-state index contributed by atoms with van der Waals surface area (Å²) in [6, 6.07) is 20.7. The molecule has 10 nitrogen and oxygen atoms in total. The highest BCUT2D eigenvalue weighted by Gasteiger charge is 2.63. The van der Waals surface area contributed by atoms with Crippen molar-refractivity contribution in [1.29, 1.82) is 0 Å². The monoisotopic (exact) mass is 760 g/mol. The third-order valence-corrected chi connectivity index (χ3v) is 13.2. The van der Waals surface area contributed by atoms with Gasteiger partial charge in [-0.05, 0) is 63.2 Å². The van der Waals surface area contributed by atoms with Crippen molar-refractivity contribution in [2.75, 3.05) is 13.7 Å². The van der Waals surface area contributed by atoms with Gasteiger partial charge in [0.2, 0.25) is 0 Å². The number of carbonyl (C=O) groups is 1. The number of methoxy groups -OCH3 is 1. The van der Waals surface area contributed by atoms with Crippen molar-refractivity contribution >= 4 is 5.97 Å². The number of fused-ring (bicyclic) bond motifs is 5. The Morgan fingerprint density at radius 2 is 1.53 bits per heavy atom. The lowest BCUT2D eigenvalue weighted by Gasteiger charge is -2.61. The van der Waals surface area contributed by atoms with Gasteiger partial charge in [0.25, 0.3) is 0 Å². The van der Waals surface area contributed by atoms with Crippen molar-refractivity contribution in [1.82, 2.24) is 0 Å². The average molecular weight is 761 g/mol. The Balaban J connectivity index is 0.940. The maximum atomic E-state index is 12.1. The number of rotatable bonds is 11. The lowest BCUT2D eigenvalue weighted by atomic mass is 9.72. The zero-order chi connectivity index (χ0) is 38.2. The molecule has 0 aliphatic carbocycles. The molecule has 0 amide bonds. The Kier molecular flexibility index (Phi) is 11.6. The Hall–Kier alpha value is -2.67. The van der Waals surface area contributed by atoms with Crippen LogP contribution < -0.4 is 0 Å². The summed E-state index contributed by atoms with van der Waals surface area (Å²) in [7, 11) is 1.40. The van der Waals surface area contributed by atoms with Gasteiger partial charge in [0.05, 0.1) is 99.0 Å². The second-order valence-electron chi connectivity index (χ2n) is 17.4. The van der Waals surface area contributed by atoms with E-state index in [1.165, 1.54) is 12.7 Å². The minimum atomic E-state index is -0.663. The van der Waals surface area contributed by atoms with Crippen LogP contribution in [0, 0.1) is 0 Å². The SMILES string of the molecule is C=C1C[C@@]2(C)O[C@H]3C[C@H]4O[C@H]5C[C@H]6O[C@@H](CCCOCc7ccccc7)C[C@H](OCc7ccccc7)[C@]6(C)O[C@]5(C)C[C@@H]4O[C@@H]3CC[C@@H]2O[C@@H]1CC(=O)OC. The van der Waals surface area contributed by atoms with Gasteiger partial charge in [-0.15, -0.1) is 0 Å². The molecule has 0 saturated carbocycles. The molecule has 6 aliphatic rings. The molecular formula is C45H60O10. The third kappa shape index (κ3) is 8.35. The fraction of sp³-hybridized carbons (Fsp3) is 0.667. The molecule has 55 heavy (non-hydrogen) atoms. The van der Waals surface area contributed by atoms with Crippen molar-refractivity contribution in [2.45, 2.75) is 176 Å². The first-order valence-corrected chi connectivity index (χ1v) is 20.5. The van der Waals surface area contributed by atoms with E-state index >= 15 is 0 Å². The van der Waals surface area contributed by atoms with Crippen LogP contribution in [-0.4, -0.2) is 97.5 Å². The first kappa shape index (κ1) is 39.2. The predicted molar refractivity (Wildman–Crippen MR) is 204 cm³/mol. The molecule has 8 rings (SSSR count). The van der Waals surface area contributed by atoms with E-state index in [1.807, 2.05) is 24.3 Å². The van der Waals surface area contributed by atoms with Crippen molar-refractivity contribution in [2.24, 2.45) is 0 Å². The van der Waals surface area contributed by atoms with E-state index in [0.717, 1.165) is 56.1 Å². The maximum absolute atomic E-state index is 12.1. The van der Waals surface area contributed by atoms with E-state index in [4.69, 9.17) is 42.6 Å².